The lowest BCUT2D eigenvalue weighted by Crippen LogP contribution is -1.88. The van der Waals surface area contributed by atoms with Crippen LogP contribution >= 0.6 is 0 Å². The number of phenolic OH excluding ortho intramolecular Hbond substituents is 1. The van der Waals surface area contributed by atoms with Crippen LogP contribution in [-0.4, -0.2) is 20.2 Å². The third-order valence-electron chi connectivity index (χ3n) is 2.66. The standard InChI is InChI=1S/C13H10N4O2/c14-10-3-1-2-9(11(10)18)13-16-12(17-19-13)8-4-6-15-7-5-8/h1-7,18H,14H2. The van der Waals surface area contributed by atoms with Gasteiger partial charge in [0.1, 0.15) is 0 Å². The zero-order valence-corrected chi connectivity index (χ0v) is 9.82. The van der Waals surface area contributed by atoms with E-state index in [9.17, 15) is 5.11 Å². The highest BCUT2D eigenvalue weighted by Crippen LogP contribution is 2.33. The summed E-state index contributed by atoms with van der Waals surface area (Å²) in [7, 11) is 0. The second-order valence-corrected chi connectivity index (χ2v) is 3.90. The van der Waals surface area contributed by atoms with E-state index in [4.69, 9.17) is 10.3 Å². The molecule has 3 N–H and O–H groups in total. The van der Waals surface area contributed by atoms with E-state index < -0.39 is 0 Å². The average Bonchev–Trinajstić information content (AvgIpc) is 2.92. The van der Waals surface area contributed by atoms with Gasteiger partial charge < -0.3 is 15.4 Å². The Morgan fingerprint density at radius 1 is 1.11 bits per heavy atom. The number of para-hydroxylation sites is 1. The molecule has 0 fully saturated rings. The van der Waals surface area contributed by atoms with Crippen LogP contribution in [-0.2, 0) is 0 Å². The number of rotatable bonds is 2. The quantitative estimate of drug-likeness (QED) is 0.536. The summed E-state index contributed by atoms with van der Waals surface area (Å²) in [6, 6.07) is 8.51. The molecule has 0 atom stereocenters. The van der Waals surface area contributed by atoms with Crippen molar-refractivity contribution in [3.05, 3.63) is 42.7 Å². The zero-order valence-electron chi connectivity index (χ0n) is 9.82. The lowest BCUT2D eigenvalue weighted by atomic mass is 10.1. The van der Waals surface area contributed by atoms with Crippen LogP contribution < -0.4 is 5.73 Å². The first-order valence-corrected chi connectivity index (χ1v) is 5.57. The van der Waals surface area contributed by atoms with Gasteiger partial charge in [0, 0.05) is 18.0 Å². The Morgan fingerprint density at radius 3 is 2.68 bits per heavy atom. The molecular weight excluding hydrogens is 244 g/mol. The molecular formula is C13H10N4O2. The monoisotopic (exact) mass is 254 g/mol. The van der Waals surface area contributed by atoms with Crippen LogP contribution in [0.25, 0.3) is 22.8 Å². The topological polar surface area (TPSA) is 98.1 Å². The van der Waals surface area contributed by atoms with Crippen molar-refractivity contribution in [1.29, 1.82) is 0 Å². The molecule has 0 bridgehead atoms. The second kappa shape index (κ2) is 4.41. The number of hydrogen-bond donors (Lipinski definition) is 2. The number of nitrogens with zero attached hydrogens (tertiary/aromatic N) is 3. The molecule has 0 aliphatic rings. The van der Waals surface area contributed by atoms with Crippen LogP contribution in [0, 0.1) is 0 Å². The van der Waals surface area contributed by atoms with Gasteiger partial charge in [0.15, 0.2) is 5.75 Å². The molecule has 0 radical (unpaired) electrons. The van der Waals surface area contributed by atoms with Crippen molar-refractivity contribution in [1.82, 2.24) is 15.1 Å². The summed E-state index contributed by atoms with van der Waals surface area (Å²) < 4.78 is 5.14. The number of anilines is 1. The predicted molar refractivity (Wildman–Crippen MR) is 69.0 cm³/mol. The molecule has 2 heterocycles. The van der Waals surface area contributed by atoms with Gasteiger partial charge in [0.2, 0.25) is 5.82 Å². The van der Waals surface area contributed by atoms with Gasteiger partial charge in [-0.25, -0.2) is 0 Å². The Labute approximate surface area is 108 Å². The van der Waals surface area contributed by atoms with Gasteiger partial charge in [-0.2, -0.15) is 4.98 Å². The smallest absolute Gasteiger partial charge is 0.262 e. The van der Waals surface area contributed by atoms with E-state index >= 15 is 0 Å². The van der Waals surface area contributed by atoms with Crippen molar-refractivity contribution in [3.8, 4) is 28.6 Å². The van der Waals surface area contributed by atoms with Crippen molar-refractivity contribution < 1.29 is 9.63 Å². The molecule has 0 saturated heterocycles. The normalized spacial score (nSPS) is 10.5. The Hall–Kier alpha value is -2.89. The molecule has 0 aliphatic carbocycles. The van der Waals surface area contributed by atoms with Gasteiger partial charge in [-0.05, 0) is 24.3 Å². The van der Waals surface area contributed by atoms with Crippen molar-refractivity contribution in [2.24, 2.45) is 0 Å². The van der Waals surface area contributed by atoms with Crippen LogP contribution in [0.5, 0.6) is 5.75 Å². The first-order chi connectivity index (χ1) is 9.25. The summed E-state index contributed by atoms with van der Waals surface area (Å²) >= 11 is 0. The molecule has 0 spiro atoms. The molecule has 6 nitrogen and oxygen atoms in total. The largest absolute Gasteiger partial charge is 0.505 e. The van der Waals surface area contributed by atoms with Gasteiger partial charge in [-0.3, -0.25) is 4.98 Å². The fourth-order valence-corrected chi connectivity index (χ4v) is 1.69. The van der Waals surface area contributed by atoms with Crippen LogP contribution in [0.3, 0.4) is 0 Å². The predicted octanol–water partition coefficient (Wildman–Crippen LogP) is 2.09. The molecule has 0 unspecified atom stereocenters. The second-order valence-electron chi connectivity index (χ2n) is 3.90. The highest BCUT2D eigenvalue weighted by Gasteiger charge is 2.15. The van der Waals surface area contributed by atoms with E-state index in [2.05, 4.69) is 15.1 Å². The van der Waals surface area contributed by atoms with Gasteiger partial charge in [0.05, 0.1) is 11.3 Å². The van der Waals surface area contributed by atoms with E-state index in [1.807, 2.05) is 0 Å². The number of benzene rings is 1. The highest BCUT2D eigenvalue weighted by atomic mass is 16.5. The van der Waals surface area contributed by atoms with Crippen molar-refractivity contribution in [3.63, 3.8) is 0 Å². The minimum absolute atomic E-state index is 0.0626. The Bertz CT molecular complexity index is 710. The van der Waals surface area contributed by atoms with E-state index in [1.165, 1.54) is 0 Å². The minimum atomic E-state index is -0.0626. The first kappa shape index (κ1) is 11.2. The van der Waals surface area contributed by atoms with Gasteiger partial charge in [0.25, 0.3) is 5.89 Å². The molecule has 0 aliphatic heterocycles. The summed E-state index contributed by atoms with van der Waals surface area (Å²) in [6.45, 7) is 0. The number of pyridine rings is 1. The molecule has 19 heavy (non-hydrogen) atoms. The maximum absolute atomic E-state index is 9.87. The maximum atomic E-state index is 9.87. The molecule has 0 saturated carbocycles. The van der Waals surface area contributed by atoms with Crippen molar-refractivity contribution in [2.75, 3.05) is 5.73 Å². The van der Waals surface area contributed by atoms with Crippen LogP contribution in [0.1, 0.15) is 0 Å². The van der Waals surface area contributed by atoms with E-state index in [0.717, 1.165) is 5.56 Å². The van der Waals surface area contributed by atoms with E-state index in [1.54, 1.807) is 42.7 Å². The minimum Gasteiger partial charge on any atom is -0.505 e. The fraction of sp³-hybridized carbons (Fsp3) is 0. The van der Waals surface area contributed by atoms with Crippen molar-refractivity contribution >= 4 is 5.69 Å². The molecule has 0 amide bonds. The van der Waals surface area contributed by atoms with E-state index in [0.29, 0.717) is 11.4 Å². The zero-order chi connectivity index (χ0) is 13.2. The summed E-state index contributed by atoms with van der Waals surface area (Å²) in [6.07, 6.45) is 3.28. The number of nitrogen functional groups attached to an aromatic ring is 1. The Morgan fingerprint density at radius 2 is 1.89 bits per heavy atom. The van der Waals surface area contributed by atoms with Crippen LogP contribution in [0.4, 0.5) is 5.69 Å². The van der Waals surface area contributed by atoms with Gasteiger partial charge in [-0.1, -0.05) is 11.2 Å². The van der Waals surface area contributed by atoms with Gasteiger partial charge in [-0.15, -0.1) is 0 Å². The summed E-state index contributed by atoms with van der Waals surface area (Å²) in [5.41, 5.74) is 7.09. The third kappa shape index (κ3) is 1.99. The van der Waals surface area contributed by atoms with Crippen LogP contribution in [0.15, 0.2) is 47.2 Å². The maximum Gasteiger partial charge on any atom is 0.262 e. The molecule has 94 valence electrons. The Balaban J connectivity index is 2.05. The average molecular weight is 254 g/mol. The lowest BCUT2D eigenvalue weighted by Gasteiger charge is -2.01. The number of hydrogen-bond acceptors (Lipinski definition) is 6. The lowest BCUT2D eigenvalue weighted by molar-refractivity contribution is 0.426. The van der Waals surface area contributed by atoms with Crippen LogP contribution in [0.2, 0.25) is 0 Å². The first-order valence-electron chi connectivity index (χ1n) is 5.57. The van der Waals surface area contributed by atoms with Crippen molar-refractivity contribution in [2.45, 2.75) is 0 Å². The summed E-state index contributed by atoms with van der Waals surface area (Å²) in [5.74, 6) is 0.586. The molecule has 3 rings (SSSR count). The van der Waals surface area contributed by atoms with Gasteiger partial charge >= 0.3 is 0 Å². The summed E-state index contributed by atoms with van der Waals surface area (Å²) in [5, 5.41) is 13.7. The Kier molecular flexibility index (Phi) is 2.60. The SMILES string of the molecule is Nc1cccc(-c2nc(-c3ccncc3)no2)c1O. The number of aromatic nitrogens is 3. The molecule has 6 heteroatoms. The fourth-order valence-electron chi connectivity index (χ4n) is 1.69. The molecule has 1 aromatic carbocycles. The number of nitrogens with two attached hydrogens (primary N) is 1. The highest BCUT2D eigenvalue weighted by molar-refractivity contribution is 5.72. The number of phenols is 1. The molecule has 2 aromatic heterocycles. The number of aromatic hydroxyl groups is 1. The van der Waals surface area contributed by atoms with E-state index in [-0.39, 0.29) is 17.3 Å². The third-order valence-corrected chi connectivity index (χ3v) is 2.66. The summed E-state index contributed by atoms with van der Waals surface area (Å²) in [4.78, 5) is 8.15. The molecule has 3 aromatic rings.